The van der Waals surface area contributed by atoms with Gasteiger partial charge in [0.1, 0.15) is 18.1 Å². The number of sulfonamides is 1. The van der Waals surface area contributed by atoms with E-state index in [-0.39, 0.29) is 18.0 Å². The van der Waals surface area contributed by atoms with Gasteiger partial charge in [0.05, 0.1) is 11.5 Å². The van der Waals surface area contributed by atoms with Gasteiger partial charge in [-0.3, -0.25) is 0 Å². The van der Waals surface area contributed by atoms with Crippen LogP contribution in [0.15, 0.2) is 59.5 Å². The zero-order valence-electron chi connectivity index (χ0n) is 12.4. The molecular formula is C16H19NO4S. The predicted molar refractivity (Wildman–Crippen MR) is 84.7 cm³/mol. The molecule has 0 fully saturated rings. The largest absolute Gasteiger partial charge is 0.494 e. The standard InChI is InChI=1S/C16H19NO4S/c1-2-20-14-7-6-8-15(13-14)21-12-11-17-22(18,19)16-9-4-3-5-10-16/h3-10,13,17H,2,11-12H2,1H3. The molecule has 0 aliphatic carbocycles. The fraction of sp³-hybridized carbons (Fsp3) is 0.250. The number of hydrogen-bond acceptors (Lipinski definition) is 4. The van der Waals surface area contributed by atoms with E-state index in [1.165, 1.54) is 0 Å². The van der Waals surface area contributed by atoms with E-state index in [1.807, 2.05) is 19.1 Å². The van der Waals surface area contributed by atoms with Crippen molar-refractivity contribution in [2.45, 2.75) is 11.8 Å². The summed E-state index contributed by atoms with van der Waals surface area (Å²) in [5.41, 5.74) is 0. The molecule has 0 saturated heterocycles. The third-order valence-electron chi connectivity index (χ3n) is 2.83. The zero-order valence-corrected chi connectivity index (χ0v) is 13.2. The number of rotatable bonds is 8. The van der Waals surface area contributed by atoms with Crippen LogP contribution in [0.5, 0.6) is 11.5 Å². The van der Waals surface area contributed by atoms with Gasteiger partial charge in [0.25, 0.3) is 0 Å². The lowest BCUT2D eigenvalue weighted by Crippen LogP contribution is -2.28. The molecule has 2 aromatic rings. The van der Waals surface area contributed by atoms with E-state index in [9.17, 15) is 8.42 Å². The van der Waals surface area contributed by atoms with E-state index in [2.05, 4.69) is 4.72 Å². The molecule has 0 bridgehead atoms. The number of ether oxygens (including phenoxy) is 2. The van der Waals surface area contributed by atoms with Crippen LogP contribution in [0.1, 0.15) is 6.92 Å². The Balaban J connectivity index is 1.83. The van der Waals surface area contributed by atoms with E-state index in [0.29, 0.717) is 12.4 Å². The molecule has 2 rings (SSSR count). The van der Waals surface area contributed by atoms with E-state index < -0.39 is 10.0 Å². The Morgan fingerprint density at radius 2 is 1.64 bits per heavy atom. The summed E-state index contributed by atoms with van der Waals surface area (Å²) in [4.78, 5) is 0.244. The average Bonchev–Trinajstić information content (AvgIpc) is 2.53. The smallest absolute Gasteiger partial charge is 0.240 e. The maximum Gasteiger partial charge on any atom is 0.240 e. The second-order valence-electron chi connectivity index (χ2n) is 4.47. The van der Waals surface area contributed by atoms with Crippen molar-refractivity contribution in [3.8, 4) is 11.5 Å². The van der Waals surface area contributed by atoms with Gasteiger partial charge in [-0.25, -0.2) is 13.1 Å². The first-order chi connectivity index (χ1) is 10.6. The molecule has 0 amide bonds. The van der Waals surface area contributed by atoms with Crippen LogP contribution >= 0.6 is 0 Å². The highest BCUT2D eigenvalue weighted by Gasteiger charge is 2.12. The van der Waals surface area contributed by atoms with Crippen molar-refractivity contribution in [3.05, 3.63) is 54.6 Å². The molecule has 0 unspecified atom stereocenters. The van der Waals surface area contributed by atoms with Crippen LogP contribution in [0.2, 0.25) is 0 Å². The Labute approximate surface area is 130 Å². The summed E-state index contributed by atoms with van der Waals surface area (Å²) >= 11 is 0. The van der Waals surface area contributed by atoms with Gasteiger partial charge >= 0.3 is 0 Å². The minimum Gasteiger partial charge on any atom is -0.494 e. The van der Waals surface area contributed by atoms with Crippen molar-refractivity contribution in [2.24, 2.45) is 0 Å². The molecule has 0 atom stereocenters. The van der Waals surface area contributed by atoms with Gasteiger partial charge < -0.3 is 9.47 Å². The van der Waals surface area contributed by atoms with Gasteiger partial charge in [-0.15, -0.1) is 0 Å². The predicted octanol–water partition coefficient (Wildman–Crippen LogP) is 2.44. The van der Waals surface area contributed by atoms with Crippen LogP contribution < -0.4 is 14.2 Å². The van der Waals surface area contributed by atoms with Crippen molar-refractivity contribution in [3.63, 3.8) is 0 Å². The SMILES string of the molecule is CCOc1cccc(OCCNS(=O)(=O)c2ccccc2)c1. The normalized spacial score (nSPS) is 11.1. The van der Waals surface area contributed by atoms with E-state index in [1.54, 1.807) is 42.5 Å². The molecule has 0 saturated carbocycles. The molecule has 5 nitrogen and oxygen atoms in total. The lowest BCUT2D eigenvalue weighted by Gasteiger charge is -2.10. The second kappa shape index (κ2) is 7.82. The lowest BCUT2D eigenvalue weighted by molar-refractivity contribution is 0.313. The molecule has 0 aromatic heterocycles. The topological polar surface area (TPSA) is 64.6 Å². The lowest BCUT2D eigenvalue weighted by atomic mass is 10.3. The highest BCUT2D eigenvalue weighted by Crippen LogP contribution is 2.19. The van der Waals surface area contributed by atoms with Crippen LogP contribution in [0.25, 0.3) is 0 Å². The quantitative estimate of drug-likeness (QED) is 0.759. The first kappa shape index (κ1) is 16.3. The van der Waals surface area contributed by atoms with E-state index >= 15 is 0 Å². The van der Waals surface area contributed by atoms with Crippen LogP contribution in [0.3, 0.4) is 0 Å². The van der Waals surface area contributed by atoms with Gasteiger partial charge in [0, 0.05) is 12.6 Å². The Bertz CT molecular complexity index is 686. The van der Waals surface area contributed by atoms with E-state index in [0.717, 1.165) is 5.75 Å². The summed E-state index contributed by atoms with van der Waals surface area (Å²) in [7, 11) is -3.49. The number of benzene rings is 2. The minimum atomic E-state index is -3.49. The monoisotopic (exact) mass is 321 g/mol. The number of nitrogens with one attached hydrogen (secondary N) is 1. The third kappa shape index (κ3) is 4.75. The molecule has 0 aliphatic heterocycles. The van der Waals surface area contributed by atoms with Gasteiger partial charge in [0.15, 0.2) is 0 Å². The van der Waals surface area contributed by atoms with Crippen molar-refractivity contribution < 1.29 is 17.9 Å². The number of hydrogen-bond donors (Lipinski definition) is 1. The highest BCUT2D eigenvalue weighted by molar-refractivity contribution is 7.89. The third-order valence-corrected chi connectivity index (χ3v) is 4.31. The zero-order chi connectivity index (χ0) is 15.8. The Hall–Kier alpha value is -2.05. The fourth-order valence-electron chi connectivity index (χ4n) is 1.85. The van der Waals surface area contributed by atoms with Crippen molar-refractivity contribution in [1.82, 2.24) is 4.72 Å². The summed E-state index contributed by atoms with van der Waals surface area (Å²) in [6.45, 7) is 2.92. The Morgan fingerprint density at radius 1 is 0.955 bits per heavy atom. The van der Waals surface area contributed by atoms with Crippen LogP contribution in [-0.4, -0.2) is 28.2 Å². The fourth-order valence-corrected chi connectivity index (χ4v) is 2.88. The van der Waals surface area contributed by atoms with Crippen LogP contribution in [0, 0.1) is 0 Å². The highest BCUT2D eigenvalue weighted by atomic mass is 32.2. The molecule has 1 N–H and O–H groups in total. The summed E-state index contributed by atoms with van der Waals surface area (Å²) in [6.07, 6.45) is 0. The maximum atomic E-state index is 12.0. The molecular weight excluding hydrogens is 302 g/mol. The molecule has 0 spiro atoms. The van der Waals surface area contributed by atoms with Gasteiger partial charge in [-0.2, -0.15) is 0 Å². The van der Waals surface area contributed by atoms with Crippen molar-refractivity contribution in [2.75, 3.05) is 19.8 Å². The van der Waals surface area contributed by atoms with Crippen LogP contribution in [0.4, 0.5) is 0 Å². The molecule has 6 heteroatoms. The summed E-state index contributed by atoms with van der Waals surface area (Å²) in [5.74, 6) is 1.37. The van der Waals surface area contributed by atoms with Gasteiger partial charge in [-0.05, 0) is 31.2 Å². The second-order valence-corrected chi connectivity index (χ2v) is 6.23. The molecule has 0 radical (unpaired) electrons. The van der Waals surface area contributed by atoms with Crippen molar-refractivity contribution in [1.29, 1.82) is 0 Å². The molecule has 0 aliphatic rings. The molecule has 2 aromatic carbocycles. The van der Waals surface area contributed by atoms with Crippen LogP contribution in [-0.2, 0) is 10.0 Å². The van der Waals surface area contributed by atoms with Gasteiger partial charge in [0.2, 0.25) is 10.0 Å². The molecule has 0 heterocycles. The first-order valence-electron chi connectivity index (χ1n) is 7.02. The Morgan fingerprint density at radius 3 is 2.32 bits per heavy atom. The van der Waals surface area contributed by atoms with E-state index in [4.69, 9.17) is 9.47 Å². The Kier molecular flexibility index (Phi) is 5.80. The molecule has 22 heavy (non-hydrogen) atoms. The summed E-state index contributed by atoms with van der Waals surface area (Å²) in [5, 5.41) is 0. The summed E-state index contributed by atoms with van der Waals surface area (Å²) < 4.78 is 37.4. The molecule has 118 valence electrons. The maximum absolute atomic E-state index is 12.0. The summed E-state index contributed by atoms with van der Waals surface area (Å²) in [6, 6.07) is 15.5. The minimum absolute atomic E-state index is 0.191. The van der Waals surface area contributed by atoms with Gasteiger partial charge in [-0.1, -0.05) is 24.3 Å². The van der Waals surface area contributed by atoms with Crippen molar-refractivity contribution >= 4 is 10.0 Å². The average molecular weight is 321 g/mol. The first-order valence-corrected chi connectivity index (χ1v) is 8.50.